The van der Waals surface area contributed by atoms with E-state index in [1.54, 1.807) is 24.3 Å². The molecule has 0 unspecified atom stereocenters. The van der Waals surface area contributed by atoms with Crippen molar-refractivity contribution in [3.05, 3.63) is 24.3 Å². The van der Waals surface area contributed by atoms with Crippen LogP contribution >= 0.6 is 0 Å². The normalized spacial score (nSPS) is 29.2. The molecule has 2 bridgehead atoms. The Morgan fingerprint density at radius 2 is 1.58 bits per heavy atom. The van der Waals surface area contributed by atoms with Crippen molar-refractivity contribution >= 4 is 35.1 Å². The first-order valence-electron chi connectivity index (χ1n) is 8.95. The lowest BCUT2D eigenvalue weighted by Crippen LogP contribution is -2.32. The maximum Gasteiger partial charge on any atom is 0.303 e. The van der Waals surface area contributed by atoms with Gasteiger partial charge in [-0.3, -0.25) is 24.1 Å². The summed E-state index contributed by atoms with van der Waals surface area (Å²) in [7, 11) is 0. The van der Waals surface area contributed by atoms with Crippen LogP contribution in [0.25, 0.3) is 0 Å². The number of carboxylic acid groups (broad SMARTS) is 1. The molecular formula is C19H20N2O5. The lowest BCUT2D eigenvalue weighted by molar-refractivity contribution is -0.138. The van der Waals surface area contributed by atoms with Gasteiger partial charge in [0.2, 0.25) is 17.7 Å². The third-order valence-electron chi connectivity index (χ3n) is 5.90. The largest absolute Gasteiger partial charge is 0.481 e. The minimum absolute atomic E-state index is 0.0922. The van der Waals surface area contributed by atoms with Crippen LogP contribution in [0.2, 0.25) is 0 Å². The van der Waals surface area contributed by atoms with Gasteiger partial charge in [0.05, 0.1) is 23.9 Å². The number of rotatable bonds is 5. The lowest BCUT2D eigenvalue weighted by atomic mass is 9.81. The minimum Gasteiger partial charge on any atom is -0.481 e. The van der Waals surface area contributed by atoms with Crippen molar-refractivity contribution in [2.24, 2.45) is 23.7 Å². The Hall–Kier alpha value is -2.70. The van der Waals surface area contributed by atoms with Gasteiger partial charge in [-0.15, -0.1) is 0 Å². The van der Waals surface area contributed by atoms with Gasteiger partial charge in [0.25, 0.3) is 0 Å². The molecule has 7 nitrogen and oxygen atoms in total. The molecule has 2 aliphatic carbocycles. The molecule has 3 fully saturated rings. The Labute approximate surface area is 150 Å². The number of carbonyl (C=O) groups excluding carboxylic acids is 3. The smallest absolute Gasteiger partial charge is 0.303 e. The molecule has 2 N–H and O–H groups in total. The number of aliphatic carboxylic acids is 1. The number of benzene rings is 1. The summed E-state index contributed by atoms with van der Waals surface area (Å²) in [5, 5.41) is 11.2. The van der Waals surface area contributed by atoms with Gasteiger partial charge in [0, 0.05) is 12.1 Å². The van der Waals surface area contributed by atoms with E-state index >= 15 is 0 Å². The molecule has 26 heavy (non-hydrogen) atoms. The molecule has 1 saturated heterocycles. The number of nitrogens with zero attached hydrogens (tertiary/aromatic N) is 1. The summed E-state index contributed by atoms with van der Waals surface area (Å²) in [6.45, 7) is 0. The Morgan fingerprint density at radius 1 is 1.00 bits per heavy atom. The highest BCUT2D eigenvalue weighted by atomic mass is 16.4. The van der Waals surface area contributed by atoms with E-state index in [2.05, 4.69) is 5.32 Å². The number of hydrogen-bond donors (Lipinski definition) is 2. The molecule has 1 heterocycles. The summed E-state index contributed by atoms with van der Waals surface area (Å²) >= 11 is 0. The molecule has 7 heteroatoms. The molecule has 1 aromatic rings. The number of carbonyl (C=O) groups is 4. The van der Waals surface area contributed by atoms with Crippen LogP contribution in [0.5, 0.6) is 0 Å². The number of hydrogen-bond acceptors (Lipinski definition) is 4. The molecule has 0 spiro atoms. The van der Waals surface area contributed by atoms with E-state index in [0.29, 0.717) is 23.2 Å². The van der Waals surface area contributed by atoms with Gasteiger partial charge in [0.15, 0.2) is 0 Å². The van der Waals surface area contributed by atoms with Crippen LogP contribution in [0.15, 0.2) is 24.3 Å². The molecule has 4 atom stereocenters. The number of anilines is 2. The first-order chi connectivity index (χ1) is 12.5. The zero-order valence-electron chi connectivity index (χ0n) is 14.2. The molecule has 136 valence electrons. The second kappa shape index (κ2) is 6.23. The monoisotopic (exact) mass is 356 g/mol. The topological polar surface area (TPSA) is 104 Å². The van der Waals surface area contributed by atoms with Gasteiger partial charge in [-0.25, -0.2) is 0 Å². The highest BCUT2D eigenvalue weighted by molar-refractivity contribution is 6.22. The minimum atomic E-state index is -1.03. The summed E-state index contributed by atoms with van der Waals surface area (Å²) < 4.78 is 0. The van der Waals surface area contributed by atoms with Gasteiger partial charge in [0.1, 0.15) is 0 Å². The van der Waals surface area contributed by atoms with Crippen LogP contribution in [0.3, 0.4) is 0 Å². The van der Waals surface area contributed by atoms with E-state index in [9.17, 15) is 19.2 Å². The lowest BCUT2D eigenvalue weighted by Gasteiger charge is -2.19. The zero-order chi connectivity index (χ0) is 18.4. The number of amides is 3. The Morgan fingerprint density at radius 3 is 2.12 bits per heavy atom. The van der Waals surface area contributed by atoms with Crippen LogP contribution in [-0.2, 0) is 19.2 Å². The van der Waals surface area contributed by atoms with Crippen molar-refractivity contribution in [3.63, 3.8) is 0 Å². The van der Waals surface area contributed by atoms with Crippen molar-refractivity contribution in [2.75, 3.05) is 10.2 Å². The van der Waals surface area contributed by atoms with Gasteiger partial charge >= 0.3 is 5.97 Å². The number of nitrogens with one attached hydrogen (secondary N) is 1. The van der Waals surface area contributed by atoms with E-state index < -0.39 is 5.97 Å². The Balaban J connectivity index is 1.46. The van der Waals surface area contributed by atoms with E-state index in [-0.39, 0.29) is 42.4 Å². The van der Waals surface area contributed by atoms with E-state index in [1.807, 2.05) is 0 Å². The molecule has 2 saturated carbocycles. The van der Waals surface area contributed by atoms with Crippen LogP contribution in [0.4, 0.5) is 11.4 Å². The molecule has 1 aromatic carbocycles. The third-order valence-corrected chi connectivity index (χ3v) is 5.90. The predicted octanol–water partition coefficient (Wildman–Crippen LogP) is 2.03. The van der Waals surface area contributed by atoms with Crippen molar-refractivity contribution in [2.45, 2.75) is 32.1 Å². The summed E-state index contributed by atoms with van der Waals surface area (Å²) in [6, 6.07) is 6.53. The molecular weight excluding hydrogens is 336 g/mol. The predicted molar refractivity (Wildman–Crippen MR) is 92.2 cm³/mol. The number of imide groups is 1. The SMILES string of the molecule is O=C(O)CCC(=O)Nc1ccc(N2C(=O)[C@@H]3[C@H]4CC[C@@H](C4)[C@H]3C2=O)cc1. The van der Waals surface area contributed by atoms with E-state index in [1.165, 1.54) is 4.90 Å². The number of carboxylic acids is 1. The van der Waals surface area contributed by atoms with Crippen LogP contribution in [0, 0.1) is 23.7 Å². The second-order valence-electron chi connectivity index (χ2n) is 7.39. The first kappa shape index (κ1) is 16.8. The van der Waals surface area contributed by atoms with Gasteiger partial charge in [-0.2, -0.15) is 0 Å². The van der Waals surface area contributed by atoms with Crippen molar-refractivity contribution in [1.29, 1.82) is 0 Å². The number of fused-ring (bicyclic) bond motifs is 5. The summed E-state index contributed by atoms with van der Waals surface area (Å²) in [4.78, 5) is 49.0. The van der Waals surface area contributed by atoms with Crippen molar-refractivity contribution in [3.8, 4) is 0 Å². The summed E-state index contributed by atoms with van der Waals surface area (Å²) in [5.41, 5.74) is 1.03. The maximum atomic E-state index is 12.8. The zero-order valence-corrected chi connectivity index (χ0v) is 14.2. The Kier molecular flexibility index (Phi) is 4.01. The third kappa shape index (κ3) is 2.67. The molecule has 3 amide bonds. The summed E-state index contributed by atoms with van der Waals surface area (Å²) in [5.74, 6) is -1.22. The molecule has 0 radical (unpaired) electrons. The Bertz CT molecular complexity index is 760. The standard InChI is InChI=1S/C19H20N2O5/c22-14(7-8-15(23)24)20-12-3-5-13(6-4-12)21-18(25)16-10-1-2-11(9-10)17(16)19(21)26/h3-6,10-11,16-17H,1-2,7-9H2,(H,20,22)(H,23,24)/t10-,11-,16+,17+/m0/s1. The fourth-order valence-corrected chi connectivity index (χ4v) is 4.80. The van der Waals surface area contributed by atoms with Crippen LogP contribution < -0.4 is 10.2 Å². The molecule has 0 aromatic heterocycles. The average Bonchev–Trinajstić information content (AvgIpc) is 3.28. The molecule has 1 aliphatic heterocycles. The second-order valence-corrected chi connectivity index (χ2v) is 7.39. The summed E-state index contributed by atoms with van der Waals surface area (Å²) in [6.07, 6.45) is 2.75. The fraction of sp³-hybridized carbons (Fsp3) is 0.474. The maximum absolute atomic E-state index is 12.8. The van der Waals surface area contributed by atoms with E-state index in [4.69, 9.17) is 5.11 Å². The van der Waals surface area contributed by atoms with E-state index in [0.717, 1.165) is 19.3 Å². The van der Waals surface area contributed by atoms with Crippen molar-refractivity contribution < 1.29 is 24.3 Å². The highest BCUT2D eigenvalue weighted by Gasteiger charge is 2.61. The quantitative estimate of drug-likeness (QED) is 0.786. The first-order valence-corrected chi connectivity index (χ1v) is 8.95. The van der Waals surface area contributed by atoms with Gasteiger partial charge < -0.3 is 10.4 Å². The molecule has 3 aliphatic rings. The van der Waals surface area contributed by atoms with Gasteiger partial charge in [-0.05, 0) is 55.4 Å². The van der Waals surface area contributed by atoms with Gasteiger partial charge in [-0.1, -0.05) is 0 Å². The van der Waals surface area contributed by atoms with Crippen LogP contribution in [-0.4, -0.2) is 28.8 Å². The average molecular weight is 356 g/mol. The highest BCUT2D eigenvalue weighted by Crippen LogP contribution is 2.56. The van der Waals surface area contributed by atoms with Crippen molar-refractivity contribution in [1.82, 2.24) is 0 Å². The molecule has 4 rings (SSSR count). The van der Waals surface area contributed by atoms with Crippen LogP contribution in [0.1, 0.15) is 32.1 Å². The fourth-order valence-electron chi connectivity index (χ4n) is 4.80.